The number of nitrogens with zero attached hydrogens (tertiary/aromatic N) is 2. The van der Waals surface area contributed by atoms with Crippen molar-refractivity contribution in [2.24, 2.45) is 5.92 Å². The third-order valence-electron chi connectivity index (χ3n) is 4.88. The molecular formula is C22H26ClN3O2. The fourth-order valence-electron chi connectivity index (χ4n) is 3.30. The first-order chi connectivity index (χ1) is 13.4. The molecule has 28 heavy (non-hydrogen) atoms. The van der Waals surface area contributed by atoms with Gasteiger partial charge in [0.1, 0.15) is 0 Å². The van der Waals surface area contributed by atoms with E-state index < -0.39 is 0 Å². The molecule has 0 aromatic heterocycles. The largest absolute Gasteiger partial charge is 0.368 e. The number of halogens is 1. The molecule has 0 unspecified atom stereocenters. The van der Waals surface area contributed by atoms with Gasteiger partial charge in [-0.15, -0.1) is 0 Å². The molecule has 5 nitrogen and oxygen atoms in total. The second-order valence-electron chi connectivity index (χ2n) is 7.37. The van der Waals surface area contributed by atoms with Gasteiger partial charge >= 0.3 is 0 Å². The number of hydrogen-bond acceptors (Lipinski definition) is 3. The van der Waals surface area contributed by atoms with Gasteiger partial charge in [0, 0.05) is 48.5 Å². The smallest absolute Gasteiger partial charge is 0.228 e. The zero-order valence-corrected chi connectivity index (χ0v) is 17.1. The zero-order valence-electron chi connectivity index (χ0n) is 16.3. The van der Waals surface area contributed by atoms with E-state index in [1.165, 1.54) is 0 Å². The van der Waals surface area contributed by atoms with E-state index in [0.29, 0.717) is 11.4 Å². The summed E-state index contributed by atoms with van der Waals surface area (Å²) in [6.07, 6.45) is 0.310. The minimum atomic E-state index is -0.0594. The van der Waals surface area contributed by atoms with Crippen LogP contribution >= 0.6 is 11.6 Å². The molecule has 1 aliphatic rings. The molecule has 0 spiro atoms. The third-order valence-corrected chi connectivity index (χ3v) is 5.13. The van der Waals surface area contributed by atoms with E-state index in [2.05, 4.69) is 10.2 Å². The third kappa shape index (κ3) is 5.26. The SMILES string of the molecule is CC(C)C(=O)N1CCN(c2ccc(NC(=O)Cc3ccc(Cl)cc3)cc2)CC1. The normalized spacial score (nSPS) is 14.3. The Kier molecular flexibility index (Phi) is 6.57. The molecule has 2 aromatic rings. The fraction of sp³-hybridized carbons (Fsp3) is 0.364. The minimum absolute atomic E-state index is 0.0438. The van der Waals surface area contributed by atoms with Crippen LogP contribution < -0.4 is 10.2 Å². The standard InChI is InChI=1S/C22H26ClN3O2/c1-16(2)22(28)26-13-11-25(12-14-26)20-9-7-19(8-10-20)24-21(27)15-17-3-5-18(23)6-4-17/h3-10,16H,11-15H2,1-2H3,(H,24,27). The predicted octanol–water partition coefficient (Wildman–Crippen LogP) is 3.83. The molecule has 2 aromatic carbocycles. The van der Waals surface area contributed by atoms with Gasteiger partial charge < -0.3 is 15.1 Å². The highest BCUT2D eigenvalue weighted by Crippen LogP contribution is 2.20. The van der Waals surface area contributed by atoms with E-state index in [0.717, 1.165) is 43.1 Å². The number of rotatable bonds is 5. The summed E-state index contributed by atoms with van der Waals surface area (Å²) in [5, 5.41) is 3.59. The van der Waals surface area contributed by atoms with E-state index in [1.54, 1.807) is 12.1 Å². The predicted molar refractivity (Wildman–Crippen MR) is 114 cm³/mol. The summed E-state index contributed by atoms with van der Waals surface area (Å²) < 4.78 is 0. The van der Waals surface area contributed by atoms with Gasteiger partial charge in [-0.25, -0.2) is 0 Å². The van der Waals surface area contributed by atoms with E-state index in [9.17, 15) is 9.59 Å². The molecule has 0 bridgehead atoms. The van der Waals surface area contributed by atoms with Crippen molar-refractivity contribution in [3.05, 3.63) is 59.1 Å². The summed E-state index contributed by atoms with van der Waals surface area (Å²) in [5.41, 5.74) is 2.80. The number of piperazine rings is 1. The first-order valence-corrected chi connectivity index (χ1v) is 9.98. The van der Waals surface area contributed by atoms with Crippen LogP contribution in [0.4, 0.5) is 11.4 Å². The average molecular weight is 400 g/mol. The number of carbonyl (C=O) groups excluding carboxylic acids is 2. The van der Waals surface area contributed by atoms with Crippen LogP contribution in [-0.4, -0.2) is 42.9 Å². The van der Waals surface area contributed by atoms with Crippen LogP contribution in [-0.2, 0) is 16.0 Å². The van der Waals surface area contributed by atoms with Crippen molar-refractivity contribution in [3.63, 3.8) is 0 Å². The molecule has 1 aliphatic heterocycles. The quantitative estimate of drug-likeness (QED) is 0.831. The Morgan fingerprint density at radius 2 is 1.57 bits per heavy atom. The second kappa shape index (κ2) is 9.11. The van der Waals surface area contributed by atoms with Gasteiger partial charge in [0.25, 0.3) is 0 Å². The Balaban J connectivity index is 1.52. The maximum atomic E-state index is 12.2. The second-order valence-corrected chi connectivity index (χ2v) is 7.80. The summed E-state index contributed by atoms with van der Waals surface area (Å²) in [5.74, 6) is 0.205. The van der Waals surface area contributed by atoms with Crippen molar-refractivity contribution in [1.29, 1.82) is 0 Å². The number of benzene rings is 2. The molecule has 0 atom stereocenters. The topological polar surface area (TPSA) is 52.7 Å². The molecule has 148 valence electrons. The Morgan fingerprint density at radius 3 is 2.14 bits per heavy atom. The van der Waals surface area contributed by atoms with Crippen molar-refractivity contribution >= 4 is 34.8 Å². The molecule has 1 fully saturated rings. The van der Waals surface area contributed by atoms with Crippen LogP contribution in [0.1, 0.15) is 19.4 Å². The summed E-state index contributed by atoms with van der Waals surface area (Å²) in [6.45, 7) is 7.01. The Morgan fingerprint density at radius 1 is 0.964 bits per heavy atom. The molecular weight excluding hydrogens is 374 g/mol. The van der Waals surface area contributed by atoms with Crippen LogP contribution in [0.3, 0.4) is 0 Å². The van der Waals surface area contributed by atoms with Crippen molar-refractivity contribution in [2.75, 3.05) is 36.4 Å². The molecule has 3 rings (SSSR count). The van der Waals surface area contributed by atoms with Crippen LogP contribution in [0, 0.1) is 5.92 Å². The number of nitrogens with one attached hydrogen (secondary N) is 1. The zero-order chi connectivity index (χ0) is 20.1. The summed E-state index contributed by atoms with van der Waals surface area (Å²) in [4.78, 5) is 28.5. The van der Waals surface area contributed by atoms with Crippen LogP contribution in [0.15, 0.2) is 48.5 Å². The monoisotopic (exact) mass is 399 g/mol. The van der Waals surface area contributed by atoms with E-state index in [4.69, 9.17) is 11.6 Å². The highest BCUT2D eigenvalue weighted by atomic mass is 35.5. The maximum Gasteiger partial charge on any atom is 0.228 e. The lowest BCUT2D eigenvalue weighted by molar-refractivity contribution is -0.134. The van der Waals surface area contributed by atoms with Gasteiger partial charge in [-0.1, -0.05) is 37.6 Å². The lowest BCUT2D eigenvalue weighted by atomic mass is 10.1. The summed E-state index contributed by atoms with van der Waals surface area (Å²) >= 11 is 5.87. The van der Waals surface area contributed by atoms with Gasteiger partial charge in [-0.05, 0) is 42.0 Å². The molecule has 0 aliphatic carbocycles. The van der Waals surface area contributed by atoms with Crippen molar-refractivity contribution in [1.82, 2.24) is 4.90 Å². The van der Waals surface area contributed by atoms with E-state index in [-0.39, 0.29) is 17.7 Å². The number of hydrogen-bond donors (Lipinski definition) is 1. The van der Waals surface area contributed by atoms with Crippen molar-refractivity contribution < 1.29 is 9.59 Å². The van der Waals surface area contributed by atoms with Crippen LogP contribution in [0.5, 0.6) is 0 Å². The molecule has 1 heterocycles. The Hall–Kier alpha value is -2.53. The van der Waals surface area contributed by atoms with Crippen molar-refractivity contribution in [2.45, 2.75) is 20.3 Å². The lowest BCUT2D eigenvalue weighted by Gasteiger charge is -2.37. The van der Waals surface area contributed by atoms with Crippen molar-refractivity contribution in [3.8, 4) is 0 Å². The van der Waals surface area contributed by atoms with Gasteiger partial charge in [0.2, 0.25) is 11.8 Å². The first-order valence-electron chi connectivity index (χ1n) is 9.60. The van der Waals surface area contributed by atoms with Crippen LogP contribution in [0.25, 0.3) is 0 Å². The molecule has 0 radical (unpaired) electrons. The number of amides is 2. The van der Waals surface area contributed by atoms with Crippen LogP contribution in [0.2, 0.25) is 5.02 Å². The summed E-state index contributed by atoms with van der Waals surface area (Å²) in [7, 11) is 0. The highest BCUT2D eigenvalue weighted by molar-refractivity contribution is 6.30. The fourth-order valence-corrected chi connectivity index (χ4v) is 3.42. The Bertz CT molecular complexity index is 811. The molecule has 1 N–H and O–H groups in total. The van der Waals surface area contributed by atoms with E-state index >= 15 is 0 Å². The lowest BCUT2D eigenvalue weighted by Crippen LogP contribution is -2.49. The number of carbonyl (C=O) groups is 2. The maximum absolute atomic E-state index is 12.2. The average Bonchev–Trinajstić information content (AvgIpc) is 2.70. The van der Waals surface area contributed by atoms with Gasteiger partial charge in [0.05, 0.1) is 6.42 Å². The molecule has 2 amide bonds. The van der Waals surface area contributed by atoms with Gasteiger partial charge in [-0.3, -0.25) is 9.59 Å². The molecule has 1 saturated heterocycles. The molecule has 0 saturated carbocycles. The van der Waals surface area contributed by atoms with E-state index in [1.807, 2.05) is 55.1 Å². The summed E-state index contributed by atoms with van der Waals surface area (Å²) in [6, 6.07) is 15.1. The Labute approximate surface area is 171 Å². The first kappa shape index (κ1) is 20.2. The van der Waals surface area contributed by atoms with Gasteiger partial charge in [-0.2, -0.15) is 0 Å². The minimum Gasteiger partial charge on any atom is -0.368 e. The number of anilines is 2. The van der Waals surface area contributed by atoms with Gasteiger partial charge in [0.15, 0.2) is 0 Å². The highest BCUT2D eigenvalue weighted by Gasteiger charge is 2.22. The molecule has 6 heteroatoms.